The topological polar surface area (TPSA) is 75.6 Å². The molecule has 2 heterocycles. The molecule has 28 heavy (non-hydrogen) atoms. The first-order valence-corrected chi connectivity index (χ1v) is 9.38. The van der Waals surface area contributed by atoms with E-state index in [9.17, 15) is 4.79 Å². The summed E-state index contributed by atoms with van der Waals surface area (Å²) in [5.41, 5.74) is 3.68. The highest BCUT2D eigenvalue weighted by atomic mass is 32.1. The van der Waals surface area contributed by atoms with Crippen molar-refractivity contribution in [3.63, 3.8) is 0 Å². The van der Waals surface area contributed by atoms with Crippen molar-refractivity contribution in [2.45, 2.75) is 19.9 Å². The fourth-order valence-electron chi connectivity index (χ4n) is 3.11. The van der Waals surface area contributed by atoms with Gasteiger partial charge in [-0.1, -0.05) is 42.0 Å². The molecule has 0 unspecified atom stereocenters. The van der Waals surface area contributed by atoms with Crippen LogP contribution in [-0.4, -0.2) is 25.7 Å². The van der Waals surface area contributed by atoms with Crippen molar-refractivity contribution in [1.29, 1.82) is 0 Å². The molecule has 4 aromatic rings. The van der Waals surface area contributed by atoms with Gasteiger partial charge in [0.1, 0.15) is 0 Å². The minimum Gasteiger partial charge on any atom is -0.325 e. The number of aryl methyl sites for hydroxylation is 1. The van der Waals surface area contributed by atoms with Crippen molar-refractivity contribution in [1.82, 2.24) is 19.7 Å². The number of fused-ring (bicyclic) bond motifs is 1. The summed E-state index contributed by atoms with van der Waals surface area (Å²) in [5.74, 6) is 0.629. The lowest BCUT2D eigenvalue weighted by molar-refractivity contribution is -0.116. The van der Waals surface area contributed by atoms with Crippen molar-refractivity contribution in [3.8, 4) is 11.4 Å². The number of aromatic amines is 1. The van der Waals surface area contributed by atoms with Gasteiger partial charge in [0.2, 0.25) is 5.91 Å². The second kappa shape index (κ2) is 7.74. The zero-order chi connectivity index (χ0) is 19.5. The van der Waals surface area contributed by atoms with Crippen LogP contribution in [0.3, 0.4) is 0 Å². The van der Waals surface area contributed by atoms with Gasteiger partial charge in [0.05, 0.1) is 17.4 Å². The van der Waals surface area contributed by atoms with E-state index >= 15 is 0 Å². The number of rotatable bonds is 5. The number of anilines is 1. The third-order valence-corrected chi connectivity index (χ3v) is 4.78. The van der Waals surface area contributed by atoms with E-state index in [2.05, 4.69) is 20.5 Å². The molecule has 140 valence electrons. The maximum absolute atomic E-state index is 12.4. The van der Waals surface area contributed by atoms with Crippen LogP contribution in [0.15, 0.2) is 60.8 Å². The molecule has 2 aromatic heterocycles. The van der Waals surface area contributed by atoms with Crippen LogP contribution in [0.2, 0.25) is 0 Å². The molecular weight excluding hydrogens is 370 g/mol. The lowest BCUT2D eigenvalue weighted by atomic mass is 10.1. The number of pyridine rings is 1. The summed E-state index contributed by atoms with van der Waals surface area (Å²) in [6.07, 6.45) is 1.95. The van der Waals surface area contributed by atoms with Crippen molar-refractivity contribution >= 4 is 34.7 Å². The van der Waals surface area contributed by atoms with Crippen LogP contribution in [0, 0.1) is 11.7 Å². The Kier molecular flexibility index (Phi) is 4.99. The van der Waals surface area contributed by atoms with E-state index in [1.54, 1.807) is 6.20 Å². The van der Waals surface area contributed by atoms with E-state index in [0.29, 0.717) is 17.0 Å². The van der Waals surface area contributed by atoms with Crippen molar-refractivity contribution < 1.29 is 4.79 Å². The van der Waals surface area contributed by atoms with E-state index in [-0.39, 0.29) is 12.3 Å². The van der Waals surface area contributed by atoms with Crippen LogP contribution < -0.4 is 5.32 Å². The molecule has 0 aliphatic rings. The minimum absolute atomic E-state index is 0.102. The molecule has 0 aliphatic heterocycles. The molecule has 0 radical (unpaired) electrons. The maximum atomic E-state index is 12.4. The molecule has 2 N–H and O–H groups in total. The molecule has 0 fully saturated rings. The zero-order valence-corrected chi connectivity index (χ0v) is 16.2. The average molecular weight is 389 g/mol. The van der Waals surface area contributed by atoms with Gasteiger partial charge in [-0.25, -0.2) is 0 Å². The highest BCUT2D eigenvalue weighted by Crippen LogP contribution is 2.19. The Morgan fingerprint density at radius 2 is 2.04 bits per heavy atom. The predicted molar refractivity (Wildman–Crippen MR) is 113 cm³/mol. The van der Waals surface area contributed by atoms with Gasteiger partial charge < -0.3 is 5.32 Å². The summed E-state index contributed by atoms with van der Waals surface area (Å²) < 4.78 is 2.35. The van der Waals surface area contributed by atoms with Gasteiger partial charge in [-0.15, -0.1) is 0 Å². The van der Waals surface area contributed by atoms with Crippen molar-refractivity contribution in [3.05, 3.63) is 71.1 Å². The van der Waals surface area contributed by atoms with Crippen molar-refractivity contribution in [2.24, 2.45) is 0 Å². The minimum atomic E-state index is -0.102. The number of amides is 1. The summed E-state index contributed by atoms with van der Waals surface area (Å²) in [7, 11) is 0. The first-order valence-electron chi connectivity index (χ1n) is 8.97. The Morgan fingerprint density at radius 3 is 2.89 bits per heavy atom. The fraction of sp³-hybridized carbons (Fsp3) is 0.143. The standard InChI is InChI=1S/C21H19N5OS/c1-14-5-4-7-16(11-14)20-24-25-21(28)26(20)10-9-19(27)23-17-12-15-6-2-3-8-18(15)22-13-17/h2-8,11-13H,9-10H2,1H3,(H,23,27)(H,25,28). The zero-order valence-electron chi connectivity index (χ0n) is 15.3. The van der Waals surface area contributed by atoms with E-state index in [1.165, 1.54) is 0 Å². The van der Waals surface area contributed by atoms with Gasteiger partial charge in [0, 0.05) is 23.9 Å². The Hall–Kier alpha value is -3.32. The highest BCUT2D eigenvalue weighted by molar-refractivity contribution is 7.71. The van der Waals surface area contributed by atoms with Gasteiger partial charge in [-0.2, -0.15) is 5.10 Å². The van der Waals surface area contributed by atoms with Crippen LogP contribution in [0.1, 0.15) is 12.0 Å². The third-order valence-electron chi connectivity index (χ3n) is 4.47. The monoisotopic (exact) mass is 389 g/mol. The molecule has 0 aliphatic carbocycles. The number of H-pyrrole nitrogens is 1. The summed E-state index contributed by atoms with van der Waals surface area (Å²) in [6.45, 7) is 2.46. The number of hydrogen-bond acceptors (Lipinski definition) is 4. The number of carbonyl (C=O) groups excluding carboxylic acids is 1. The Labute approximate surface area is 167 Å². The SMILES string of the molecule is Cc1cccc(-c2n[nH]c(=S)n2CCC(=O)Nc2cnc3ccccc3c2)c1. The lowest BCUT2D eigenvalue weighted by Gasteiger charge is -2.09. The van der Waals surface area contributed by atoms with Crippen LogP contribution in [0.25, 0.3) is 22.3 Å². The number of aromatic nitrogens is 4. The molecule has 0 bridgehead atoms. The Bertz CT molecular complexity index is 1210. The van der Waals surface area contributed by atoms with E-state index in [0.717, 1.165) is 27.9 Å². The predicted octanol–water partition coefficient (Wildman–Crippen LogP) is 4.49. The Morgan fingerprint density at radius 1 is 1.18 bits per heavy atom. The van der Waals surface area contributed by atoms with Gasteiger partial charge in [0.15, 0.2) is 10.6 Å². The summed E-state index contributed by atoms with van der Waals surface area (Å²) >= 11 is 5.34. The molecule has 0 spiro atoms. The normalized spacial score (nSPS) is 10.9. The quantitative estimate of drug-likeness (QED) is 0.493. The van der Waals surface area contributed by atoms with Gasteiger partial charge in [-0.05, 0) is 37.3 Å². The van der Waals surface area contributed by atoms with Crippen LogP contribution in [-0.2, 0) is 11.3 Å². The molecule has 6 nitrogen and oxygen atoms in total. The molecule has 0 saturated heterocycles. The summed E-state index contributed by atoms with van der Waals surface area (Å²) in [6, 6.07) is 17.7. The van der Waals surface area contributed by atoms with Gasteiger partial charge >= 0.3 is 0 Å². The first kappa shape index (κ1) is 18.1. The van der Waals surface area contributed by atoms with E-state index in [4.69, 9.17) is 12.2 Å². The largest absolute Gasteiger partial charge is 0.325 e. The van der Waals surface area contributed by atoms with Crippen LogP contribution in [0.4, 0.5) is 5.69 Å². The average Bonchev–Trinajstić information content (AvgIpc) is 3.07. The number of carbonyl (C=O) groups is 1. The molecule has 0 saturated carbocycles. The molecule has 2 aromatic carbocycles. The first-order chi connectivity index (χ1) is 13.6. The maximum Gasteiger partial charge on any atom is 0.226 e. The van der Waals surface area contributed by atoms with Crippen LogP contribution >= 0.6 is 12.2 Å². The summed E-state index contributed by atoms with van der Waals surface area (Å²) in [5, 5.41) is 11.0. The molecular formula is C21H19N5OS. The molecule has 4 rings (SSSR count). The molecule has 1 amide bonds. The smallest absolute Gasteiger partial charge is 0.226 e. The number of nitrogens with zero attached hydrogens (tertiary/aromatic N) is 3. The number of para-hydroxylation sites is 1. The van der Waals surface area contributed by atoms with Crippen LogP contribution in [0.5, 0.6) is 0 Å². The lowest BCUT2D eigenvalue weighted by Crippen LogP contribution is -2.15. The van der Waals surface area contributed by atoms with Crippen molar-refractivity contribution in [2.75, 3.05) is 5.32 Å². The third kappa shape index (κ3) is 3.84. The van der Waals surface area contributed by atoms with Gasteiger partial charge in [-0.3, -0.25) is 19.4 Å². The second-order valence-corrected chi connectivity index (χ2v) is 6.98. The number of benzene rings is 2. The second-order valence-electron chi connectivity index (χ2n) is 6.59. The highest BCUT2D eigenvalue weighted by Gasteiger charge is 2.11. The number of nitrogens with one attached hydrogen (secondary N) is 2. The van der Waals surface area contributed by atoms with E-state index < -0.39 is 0 Å². The summed E-state index contributed by atoms with van der Waals surface area (Å²) in [4.78, 5) is 16.8. The van der Waals surface area contributed by atoms with E-state index in [1.807, 2.05) is 66.1 Å². The molecule has 7 heteroatoms. The Balaban J connectivity index is 1.47. The fourth-order valence-corrected chi connectivity index (χ4v) is 3.33. The molecule has 0 atom stereocenters. The van der Waals surface area contributed by atoms with Gasteiger partial charge in [0.25, 0.3) is 0 Å². The number of hydrogen-bond donors (Lipinski definition) is 2.